The number of piperazine rings is 1. The number of nitrogens with one attached hydrogen (secondary N) is 3. The molecule has 0 aromatic carbocycles. The number of nitrogens with zero attached hydrogens (tertiary/aromatic N) is 5. The molecule has 0 bridgehead atoms. The first-order chi connectivity index (χ1) is 14.4. The summed E-state index contributed by atoms with van der Waals surface area (Å²) in [4.78, 5) is 20.6. The van der Waals surface area contributed by atoms with Crippen molar-refractivity contribution in [3.8, 4) is 11.4 Å². The summed E-state index contributed by atoms with van der Waals surface area (Å²) in [6.45, 7) is 4.86. The van der Waals surface area contributed by atoms with Crippen LogP contribution in [0.5, 0.6) is 0 Å². The van der Waals surface area contributed by atoms with E-state index in [0.29, 0.717) is 23.3 Å². The molecule has 0 aliphatic carbocycles. The zero-order chi connectivity index (χ0) is 21.7. The van der Waals surface area contributed by atoms with Crippen molar-refractivity contribution in [2.45, 2.75) is 25.4 Å². The lowest BCUT2D eigenvalue weighted by Gasteiger charge is -2.45. The van der Waals surface area contributed by atoms with Crippen molar-refractivity contribution in [3.05, 3.63) is 30.5 Å². The van der Waals surface area contributed by atoms with E-state index < -0.39 is 12.1 Å². The first kappa shape index (κ1) is 22.3. The van der Waals surface area contributed by atoms with E-state index in [9.17, 15) is 8.78 Å². The molecule has 8 nitrogen and oxygen atoms in total. The van der Waals surface area contributed by atoms with Crippen LogP contribution in [0, 0.1) is 5.41 Å². The van der Waals surface area contributed by atoms with E-state index in [4.69, 9.17) is 5.41 Å². The molecular weight excluding hydrogens is 410 g/mol. The highest BCUT2D eigenvalue weighted by atomic mass is 32.2. The van der Waals surface area contributed by atoms with Crippen LogP contribution in [0.25, 0.3) is 17.5 Å². The Morgan fingerprint density at radius 1 is 1.40 bits per heavy atom. The van der Waals surface area contributed by atoms with Crippen LogP contribution in [0.3, 0.4) is 0 Å². The van der Waals surface area contributed by atoms with Crippen molar-refractivity contribution >= 4 is 29.6 Å². The van der Waals surface area contributed by atoms with E-state index in [-0.39, 0.29) is 6.04 Å². The maximum absolute atomic E-state index is 12.4. The van der Waals surface area contributed by atoms with E-state index in [2.05, 4.69) is 48.4 Å². The lowest BCUT2D eigenvalue weighted by molar-refractivity contribution is 0.183. The number of likely N-dealkylation sites (N-methyl/N-ethyl adjacent to an activating group) is 1. The van der Waals surface area contributed by atoms with Crippen LogP contribution < -0.4 is 9.62 Å². The molecule has 3 rings (SSSR count). The summed E-state index contributed by atoms with van der Waals surface area (Å²) in [5, 5.41) is 7.18. The van der Waals surface area contributed by atoms with Gasteiger partial charge in [0.25, 0.3) is 6.43 Å². The molecule has 1 aliphatic heterocycles. The van der Waals surface area contributed by atoms with Gasteiger partial charge >= 0.3 is 0 Å². The molecule has 0 spiro atoms. The van der Waals surface area contributed by atoms with Gasteiger partial charge in [0.15, 0.2) is 0 Å². The summed E-state index contributed by atoms with van der Waals surface area (Å²) < 4.78 is 28.2. The number of hydrogen-bond donors (Lipinski definition) is 3. The highest BCUT2D eigenvalue weighted by Crippen LogP contribution is 2.25. The molecular formula is C19H26F2N8S. The lowest BCUT2D eigenvalue weighted by Crippen LogP contribution is -2.60. The standard InChI is InChI=1S/C19H26F2N8S/c1-12-16(10-26-30-3)28(2)6-7-29(12)18-8-14(24-11-25-18)15-9-23-17(27-15)5-4-13(22)19(20)21/h4-5,8-9,11-12,16,19,22,26H,6-7,10H2,1-3H3,(H,23,27)/b5-4-,22-13?. The number of allylic oxidation sites excluding steroid dienone is 1. The van der Waals surface area contributed by atoms with Crippen LogP contribution in [0.15, 0.2) is 24.7 Å². The summed E-state index contributed by atoms with van der Waals surface area (Å²) in [6, 6.07) is 2.51. The number of aromatic amines is 1. The van der Waals surface area contributed by atoms with Crippen LogP contribution in [0.1, 0.15) is 12.7 Å². The molecule has 3 N–H and O–H groups in total. The fourth-order valence-corrected chi connectivity index (χ4v) is 3.81. The van der Waals surface area contributed by atoms with Crippen LogP contribution in [0.2, 0.25) is 0 Å². The van der Waals surface area contributed by atoms with E-state index >= 15 is 0 Å². The second-order valence-corrected chi connectivity index (χ2v) is 7.76. The zero-order valence-corrected chi connectivity index (χ0v) is 18.0. The highest BCUT2D eigenvalue weighted by molar-refractivity contribution is 7.96. The Morgan fingerprint density at radius 2 is 2.20 bits per heavy atom. The average molecular weight is 437 g/mol. The molecule has 1 saturated heterocycles. The van der Waals surface area contributed by atoms with Gasteiger partial charge in [0.2, 0.25) is 0 Å². The van der Waals surface area contributed by atoms with Gasteiger partial charge in [0, 0.05) is 37.8 Å². The second-order valence-electron chi connectivity index (χ2n) is 7.07. The molecule has 1 aliphatic rings. The monoisotopic (exact) mass is 436 g/mol. The number of rotatable bonds is 8. The van der Waals surface area contributed by atoms with Gasteiger partial charge in [-0.2, -0.15) is 0 Å². The molecule has 1 fully saturated rings. The summed E-state index contributed by atoms with van der Waals surface area (Å²) in [6.07, 6.45) is 4.72. The Bertz CT molecular complexity index is 887. The van der Waals surface area contributed by atoms with Gasteiger partial charge in [-0.05, 0) is 32.4 Å². The summed E-state index contributed by atoms with van der Waals surface area (Å²) >= 11 is 1.61. The summed E-state index contributed by atoms with van der Waals surface area (Å²) in [5.74, 6) is 1.22. The number of imidazole rings is 1. The Kier molecular flexibility index (Phi) is 7.51. The Hall–Kier alpha value is -2.37. The minimum atomic E-state index is -2.80. The first-order valence-corrected chi connectivity index (χ1v) is 10.8. The largest absolute Gasteiger partial charge is 0.351 e. The number of anilines is 1. The number of H-pyrrole nitrogens is 1. The predicted octanol–water partition coefficient (Wildman–Crippen LogP) is 2.54. The maximum Gasteiger partial charge on any atom is 0.279 e. The van der Waals surface area contributed by atoms with Crippen molar-refractivity contribution in [3.63, 3.8) is 0 Å². The van der Waals surface area contributed by atoms with Crippen molar-refractivity contribution in [1.29, 1.82) is 5.41 Å². The molecule has 2 aromatic rings. The van der Waals surface area contributed by atoms with Crippen LogP contribution in [-0.4, -0.2) is 82.0 Å². The second kappa shape index (κ2) is 10.1. The molecule has 2 atom stereocenters. The molecule has 2 unspecified atom stereocenters. The number of halogens is 2. The molecule has 3 heterocycles. The van der Waals surface area contributed by atoms with E-state index in [1.54, 1.807) is 18.1 Å². The van der Waals surface area contributed by atoms with E-state index in [1.165, 1.54) is 12.4 Å². The molecule has 11 heteroatoms. The van der Waals surface area contributed by atoms with Crippen molar-refractivity contribution in [2.24, 2.45) is 0 Å². The normalized spacial score (nSPS) is 20.4. The van der Waals surface area contributed by atoms with Crippen LogP contribution in [0.4, 0.5) is 14.6 Å². The average Bonchev–Trinajstić information content (AvgIpc) is 3.21. The number of hydrogen-bond acceptors (Lipinski definition) is 8. The van der Waals surface area contributed by atoms with Gasteiger partial charge in [0.1, 0.15) is 18.0 Å². The summed E-state index contributed by atoms with van der Waals surface area (Å²) in [7, 11) is 2.14. The topological polar surface area (TPSA) is 96.8 Å². The zero-order valence-electron chi connectivity index (χ0n) is 17.1. The SMILES string of the molecule is CSNCC1C(C)N(c2cc(-c3cnc(/C=C\C(=N)C(F)F)[nH]3)ncn2)CCN1C. The minimum Gasteiger partial charge on any atom is -0.351 e. The highest BCUT2D eigenvalue weighted by Gasteiger charge is 2.32. The third-order valence-electron chi connectivity index (χ3n) is 5.22. The van der Waals surface area contributed by atoms with Crippen molar-refractivity contribution in [2.75, 3.05) is 37.8 Å². The lowest BCUT2D eigenvalue weighted by atomic mass is 10.0. The predicted molar refractivity (Wildman–Crippen MR) is 117 cm³/mol. The Balaban J connectivity index is 1.77. The third-order valence-corrected chi connectivity index (χ3v) is 5.67. The molecule has 30 heavy (non-hydrogen) atoms. The van der Waals surface area contributed by atoms with E-state index in [0.717, 1.165) is 31.5 Å². The maximum atomic E-state index is 12.4. The molecule has 2 aromatic heterocycles. The van der Waals surface area contributed by atoms with Gasteiger partial charge in [-0.3, -0.25) is 15.0 Å². The van der Waals surface area contributed by atoms with Crippen LogP contribution >= 0.6 is 11.9 Å². The molecule has 0 saturated carbocycles. The first-order valence-electron chi connectivity index (χ1n) is 9.55. The summed E-state index contributed by atoms with van der Waals surface area (Å²) in [5.41, 5.74) is 0.567. The fourth-order valence-electron chi connectivity index (χ4n) is 3.47. The van der Waals surface area contributed by atoms with Crippen molar-refractivity contribution < 1.29 is 8.78 Å². The number of alkyl halides is 2. The van der Waals surface area contributed by atoms with Gasteiger partial charge < -0.3 is 9.88 Å². The van der Waals surface area contributed by atoms with Gasteiger partial charge in [-0.25, -0.2) is 23.7 Å². The third kappa shape index (κ3) is 5.21. The van der Waals surface area contributed by atoms with E-state index in [1.807, 2.05) is 12.3 Å². The van der Waals surface area contributed by atoms with Gasteiger partial charge in [-0.15, -0.1) is 0 Å². The van der Waals surface area contributed by atoms with Gasteiger partial charge in [-0.1, -0.05) is 11.9 Å². The molecule has 0 radical (unpaired) electrons. The van der Waals surface area contributed by atoms with Gasteiger partial charge in [0.05, 0.1) is 23.3 Å². The Labute approximate surface area is 178 Å². The number of aromatic nitrogens is 4. The van der Waals surface area contributed by atoms with Crippen LogP contribution in [-0.2, 0) is 0 Å². The Morgan fingerprint density at radius 3 is 2.93 bits per heavy atom. The fraction of sp³-hybridized carbons (Fsp3) is 0.474. The molecule has 0 amide bonds. The minimum absolute atomic E-state index is 0.256. The smallest absolute Gasteiger partial charge is 0.279 e. The molecule has 162 valence electrons. The quantitative estimate of drug-likeness (QED) is 0.432. The van der Waals surface area contributed by atoms with Crippen molar-refractivity contribution in [1.82, 2.24) is 29.6 Å².